The van der Waals surface area contributed by atoms with Crippen LogP contribution >= 0.6 is 0 Å². The van der Waals surface area contributed by atoms with Crippen molar-refractivity contribution in [1.82, 2.24) is 4.31 Å². The first-order valence-corrected chi connectivity index (χ1v) is 7.66. The highest BCUT2D eigenvalue weighted by molar-refractivity contribution is 7.89. The van der Waals surface area contributed by atoms with E-state index in [1.54, 1.807) is 27.7 Å². The first-order chi connectivity index (χ1) is 8.74. The molecule has 112 valence electrons. The summed E-state index contributed by atoms with van der Waals surface area (Å²) < 4.78 is 34.3. The molecule has 0 N–H and O–H groups in total. The van der Waals surface area contributed by atoms with E-state index in [9.17, 15) is 18.0 Å². The predicted octanol–water partition coefficient (Wildman–Crippen LogP) is 0.153. The third kappa shape index (κ3) is 6.53. The fourth-order valence-electron chi connectivity index (χ4n) is 1.37. The Bertz CT molecular complexity index is 403. The quantitative estimate of drug-likeness (QED) is 0.592. The molecule has 0 radical (unpaired) electrons. The van der Waals surface area contributed by atoms with Crippen LogP contribution in [-0.4, -0.2) is 56.2 Å². The largest absolute Gasteiger partial charge is 0.465 e. The monoisotopic (exact) mass is 295 g/mol. The van der Waals surface area contributed by atoms with Gasteiger partial charge in [-0.2, -0.15) is 4.31 Å². The maximum absolute atomic E-state index is 12.0. The fraction of sp³-hybridized carbons (Fsp3) is 0.818. The second-order valence-corrected chi connectivity index (χ2v) is 5.93. The minimum atomic E-state index is -3.90. The predicted molar refractivity (Wildman–Crippen MR) is 68.9 cm³/mol. The van der Waals surface area contributed by atoms with Crippen molar-refractivity contribution in [2.75, 3.05) is 25.5 Å². The minimum Gasteiger partial charge on any atom is -0.465 e. The topological polar surface area (TPSA) is 90.0 Å². The summed E-state index contributed by atoms with van der Waals surface area (Å²) in [6.45, 7) is 6.31. The smallest absolute Gasteiger partial charge is 0.322 e. The molecule has 0 aliphatic carbocycles. The molecule has 0 saturated heterocycles. The summed E-state index contributed by atoms with van der Waals surface area (Å²) in [4.78, 5) is 22.6. The van der Waals surface area contributed by atoms with E-state index < -0.39 is 40.3 Å². The van der Waals surface area contributed by atoms with Gasteiger partial charge < -0.3 is 9.47 Å². The maximum Gasteiger partial charge on any atom is 0.322 e. The second-order valence-electron chi connectivity index (χ2n) is 4.01. The number of hydrogen-bond donors (Lipinski definition) is 0. The van der Waals surface area contributed by atoms with Crippen molar-refractivity contribution in [2.45, 2.75) is 33.7 Å². The van der Waals surface area contributed by atoms with Gasteiger partial charge in [0.15, 0.2) is 5.75 Å². The van der Waals surface area contributed by atoms with Gasteiger partial charge >= 0.3 is 11.9 Å². The third-order valence-electron chi connectivity index (χ3n) is 2.13. The summed E-state index contributed by atoms with van der Waals surface area (Å²) in [5, 5.41) is 0. The molecule has 0 aromatic heterocycles. The molecule has 0 aliphatic rings. The van der Waals surface area contributed by atoms with Gasteiger partial charge in [-0.25, -0.2) is 8.42 Å². The minimum absolute atomic E-state index is 0.105. The van der Waals surface area contributed by atoms with Gasteiger partial charge in [-0.05, 0) is 27.7 Å². The third-order valence-corrected chi connectivity index (χ3v) is 3.99. The Kier molecular flexibility index (Phi) is 7.62. The Morgan fingerprint density at radius 2 is 1.53 bits per heavy atom. The van der Waals surface area contributed by atoms with Crippen LogP contribution in [0.4, 0.5) is 0 Å². The van der Waals surface area contributed by atoms with Crippen LogP contribution in [0.3, 0.4) is 0 Å². The van der Waals surface area contributed by atoms with E-state index in [4.69, 9.17) is 4.74 Å². The van der Waals surface area contributed by atoms with Gasteiger partial charge in [-0.3, -0.25) is 9.59 Å². The molecule has 19 heavy (non-hydrogen) atoms. The maximum atomic E-state index is 12.0. The second kappa shape index (κ2) is 8.11. The van der Waals surface area contributed by atoms with Gasteiger partial charge in [-0.1, -0.05) is 0 Å². The van der Waals surface area contributed by atoms with Crippen LogP contribution in [0.1, 0.15) is 27.7 Å². The summed E-state index contributed by atoms with van der Waals surface area (Å²) in [6, 6.07) is -0.455. The molecule has 0 aliphatic heterocycles. The summed E-state index contributed by atoms with van der Waals surface area (Å²) in [7, 11) is -3.90. The summed E-state index contributed by atoms with van der Waals surface area (Å²) in [5.41, 5.74) is 0. The Balaban J connectivity index is 4.86. The summed E-state index contributed by atoms with van der Waals surface area (Å²) in [6.07, 6.45) is 0. The van der Waals surface area contributed by atoms with Crippen molar-refractivity contribution in [3.63, 3.8) is 0 Å². The fourth-order valence-corrected chi connectivity index (χ4v) is 2.86. The first-order valence-electron chi connectivity index (χ1n) is 6.05. The number of sulfonamides is 1. The lowest BCUT2D eigenvalue weighted by Gasteiger charge is -2.24. The molecule has 0 aromatic carbocycles. The van der Waals surface area contributed by atoms with Crippen molar-refractivity contribution in [2.24, 2.45) is 0 Å². The molecule has 0 fully saturated rings. The van der Waals surface area contributed by atoms with Crippen molar-refractivity contribution in [1.29, 1.82) is 0 Å². The van der Waals surface area contributed by atoms with Gasteiger partial charge in [0, 0.05) is 6.04 Å². The number of carbonyl (C=O) groups is 2. The van der Waals surface area contributed by atoms with Crippen LogP contribution < -0.4 is 0 Å². The molecule has 8 heteroatoms. The van der Waals surface area contributed by atoms with E-state index in [0.29, 0.717) is 0 Å². The number of hydrogen-bond acceptors (Lipinski definition) is 6. The zero-order chi connectivity index (χ0) is 15.1. The first kappa shape index (κ1) is 17.8. The van der Waals surface area contributed by atoms with Gasteiger partial charge in [-0.15, -0.1) is 0 Å². The zero-order valence-corrected chi connectivity index (χ0v) is 12.5. The molecule has 0 spiro atoms. The summed E-state index contributed by atoms with van der Waals surface area (Å²) in [5.74, 6) is -2.26. The Morgan fingerprint density at radius 1 is 1.05 bits per heavy atom. The number of rotatable bonds is 8. The molecule has 0 aromatic rings. The normalized spacial score (nSPS) is 11.7. The Hall–Kier alpha value is -1.15. The molecule has 0 saturated carbocycles. The molecule has 7 nitrogen and oxygen atoms in total. The molecule has 0 unspecified atom stereocenters. The molecule has 0 bridgehead atoms. The highest BCUT2D eigenvalue weighted by Crippen LogP contribution is 2.08. The van der Waals surface area contributed by atoms with Crippen molar-refractivity contribution in [3.05, 3.63) is 0 Å². The lowest BCUT2D eigenvalue weighted by atomic mass is 10.4. The van der Waals surface area contributed by atoms with Gasteiger partial charge in [0.05, 0.1) is 13.2 Å². The highest BCUT2D eigenvalue weighted by Gasteiger charge is 2.30. The SMILES string of the molecule is CCOC(=O)CN(C(C)C)S(=O)(=O)CC(=O)OCC. The number of nitrogens with zero attached hydrogens (tertiary/aromatic N) is 1. The van der Waals surface area contributed by atoms with Crippen LogP contribution in [0.5, 0.6) is 0 Å². The molecule has 0 rings (SSSR count). The van der Waals surface area contributed by atoms with Crippen molar-refractivity contribution < 1.29 is 27.5 Å². The number of esters is 2. The highest BCUT2D eigenvalue weighted by atomic mass is 32.2. The number of ether oxygens (including phenoxy) is 2. The van der Waals surface area contributed by atoms with E-state index >= 15 is 0 Å². The standard InChI is InChI=1S/C11H21NO6S/c1-5-17-10(13)7-12(9(3)4)19(15,16)8-11(14)18-6-2/h9H,5-8H2,1-4H3. The van der Waals surface area contributed by atoms with Gasteiger partial charge in [0.25, 0.3) is 0 Å². The lowest BCUT2D eigenvalue weighted by molar-refractivity contribution is -0.144. The summed E-state index contributed by atoms with van der Waals surface area (Å²) >= 11 is 0. The molecule has 0 amide bonds. The van der Waals surface area contributed by atoms with Crippen LogP contribution in [0.2, 0.25) is 0 Å². The Labute approximate surface area is 113 Å². The molecular formula is C11H21NO6S. The molecule has 0 heterocycles. The number of carbonyl (C=O) groups excluding carboxylic acids is 2. The lowest BCUT2D eigenvalue weighted by Crippen LogP contribution is -2.43. The van der Waals surface area contributed by atoms with E-state index in [0.717, 1.165) is 4.31 Å². The van der Waals surface area contributed by atoms with E-state index in [2.05, 4.69) is 4.74 Å². The molecule has 0 atom stereocenters. The average Bonchev–Trinajstić information content (AvgIpc) is 2.25. The van der Waals surface area contributed by atoms with Gasteiger partial charge in [0.1, 0.15) is 6.54 Å². The van der Waals surface area contributed by atoms with E-state index in [-0.39, 0.29) is 13.2 Å². The van der Waals surface area contributed by atoms with Crippen LogP contribution in [-0.2, 0) is 29.1 Å². The molecular weight excluding hydrogens is 274 g/mol. The Morgan fingerprint density at radius 3 is 1.95 bits per heavy atom. The van der Waals surface area contributed by atoms with Crippen LogP contribution in [0.15, 0.2) is 0 Å². The van der Waals surface area contributed by atoms with Crippen LogP contribution in [0.25, 0.3) is 0 Å². The van der Waals surface area contributed by atoms with Crippen molar-refractivity contribution in [3.8, 4) is 0 Å². The van der Waals surface area contributed by atoms with Crippen molar-refractivity contribution >= 4 is 22.0 Å². The van der Waals surface area contributed by atoms with Gasteiger partial charge in [0.2, 0.25) is 10.0 Å². The zero-order valence-electron chi connectivity index (χ0n) is 11.7. The van der Waals surface area contributed by atoms with Crippen LogP contribution in [0, 0.1) is 0 Å². The average molecular weight is 295 g/mol. The van der Waals surface area contributed by atoms with E-state index in [1.165, 1.54) is 0 Å². The van der Waals surface area contributed by atoms with E-state index in [1.807, 2.05) is 0 Å².